The molecule has 7 heteroatoms. The number of nitrogens with zero attached hydrogens (tertiary/aromatic N) is 1. The number of carbonyl (C=O) groups excluding carboxylic acids is 1. The van der Waals surface area contributed by atoms with Crippen molar-refractivity contribution in [3.8, 4) is 5.75 Å². The van der Waals surface area contributed by atoms with Gasteiger partial charge in [0.05, 0.1) is 40.9 Å². The second-order valence-corrected chi connectivity index (χ2v) is 14.3. The molecular weight excluding hydrogens is 509 g/mol. The van der Waals surface area contributed by atoms with E-state index in [1.807, 2.05) is 45.4 Å². The van der Waals surface area contributed by atoms with Gasteiger partial charge < -0.3 is 28.0 Å². The van der Waals surface area contributed by atoms with Crippen LogP contribution in [0.1, 0.15) is 109 Å². The molecule has 0 aliphatic heterocycles. The highest BCUT2D eigenvalue weighted by atomic mass is 31.2. The maximum absolute atomic E-state index is 12.4. The Hall–Kier alpha value is -1.20. The molecule has 0 heterocycles. The van der Waals surface area contributed by atoms with Crippen LogP contribution in [0.15, 0.2) is 24.3 Å². The predicted octanol–water partition coefficient (Wildman–Crippen LogP) is 7.57. The molecule has 1 rings (SSSR count). The fourth-order valence-corrected chi connectivity index (χ4v) is 5.90. The van der Waals surface area contributed by atoms with Crippen molar-refractivity contribution in [3.63, 3.8) is 0 Å². The summed E-state index contributed by atoms with van der Waals surface area (Å²) in [6.45, 7) is 5.34. The second kappa shape index (κ2) is 20.6. The average Bonchev–Trinajstić information content (AvgIpc) is 2.85. The lowest BCUT2D eigenvalue weighted by Crippen LogP contribution is -2.35. The molecule has 0 aliphatic rings. The summed E-state index contributed by atoms with van der Waals surface area (Å²) in [5.74, 6) is 0.718. The van der Waals surface area contributed by atoms with Gasteiger partial charge >= 0.3 is 0 Å². The van der Waals surface area contributed by atoms with E-state index in [0.717, 1.165) is 30.9 Å². The number of carbonyl (C=O) groups is 1. The van der Waals surface area contributed by atoms with Gasteiger partial charge in [0.2, 0.25) is 0 Å². The maximum Gasteiger partial charge on any atom is 0.135 e. The number of unbranched alkanes of at least 4 members (excludes halogenated alkanes) is 11. The van der Waals surface area contributed by atoms with Gasteiger partial charge in [-0.05, 0) is 43.4 Å². The number of ketones is 1. The Bertz CT molecular complexity index is 806. The Morgan fingerprint density at radius 1 is 0.872 bits per heavy atom. The molecule has 0 saturated carbocycles. The van der Waals surface area contributed by atoms with Crippen molar-refractivity contribution in [2.24, 2.45) is 5.92 Å². The third kappa shape index (κ3) is 21.2. The smallest absolute Gasteiger partial charge is 0.135 e. The molecule has 0 bridgehead atoms. The molecule has 1 aromatic carbocycles. The highest BCUT2D eigenvalue weighted by Gasteiger charge is 2.18. The standard InChI is InChI=1S/C32H58NO5P/c1-6-7-8-9-10-11-12-13-14-15-16-17-24-37-32-21-19-30(20-22-32)27-31(26-29(2)34)28-38-39(35,36)25-18-23-33(3,4)5/h19-22,31H,6-18,23-28H2,1-5H3. The van der Waals surface area contributed by atoms with Crippen LogP contribution in [-0.4, -0.2) is 57.3 Å². The molecule has 2 atom stereocenters. The SMILES string of the molecule is CCCCCCCCCCCCCCOc1ccc(CC(COP(=O)([O-])CCC[N+](C)(C)C)CC(C)=O)cc1. The van der Waals surface area contributed by atoms with E-state index in [1.54, 1.807) is 0 Å². The van der Waals surface area contributed by atoms with Gasteiger partial charge in [-0.2, -0.15) is 0 Å². The van der Waals surface area contributed by atoms with Crippen molar-refractivity contribution >= 4 is 13.4 Å². The second-order valence-electron chi connectivity index (χ2n) is 12.4. The van der Waals surface area contributed by atoms with Crippen LogP contribution in [0.25, 0.3) is 0 Å². The number of Topliss-reactive ketones (excluding diaryl/α,β-unsaturated/α-hetero) is 1. The fraction of sp³-hybridized carbons (Fsp3) is 0.781. The molecule has 0 fully saturated rings. The van der Waals surface area contributed by atoms with E-state index in [0.29, 0.717) is 23.7 Å². The molecule has 226 valence electrons. The Morgan fingerprint density at radius 3 is 1.92 bits per heavy atom. The third-order valence-corrected chi connectivity index (χ3v) is 8.46. The van der Waals surface area contributed by atoms with Gasteiger partial charge in [0.1, 0.15) is 19.1 Å². The zero-order chi connectivity index (χ0) is 29.0. The molecule has 0 N–H and O–H groups in total. The summed E-state index contributed by atoms with van der Waals surface area (Å²) in [5.41, 5.74) is 1.05. The number of ether oxygens (including phenoxy) is 1. The maximum atomic E-state index is 12.4. The van der Waals surface area contributed by atoms with Crippen LogP contribution in [0.5, 0.6) is 5.75 Å². The van der Waals surface area contributed by atoms with E-state index >= 15 is 0 Å². The van der Waals surface area contributed by atoms with E-state index in [2.05, 4.69) is 6.92 Å². The van der Waals surface area contributed by atoms with E-state index in [1.165, 1.54) is 77.6 Å². The largest absolute Gasteiger partial charge is 0.778 e. The van der Waals surface area contributed by atoms with Crippen molar-refractivity contribution in [3.05, 3.63) is 29.8 Å². The highest BCUT2D eigenvalue weighted by Crippen LogP contribution is 2.38. The van der Waals surface area contributed by atoms with Gasteiger partial charge in [-0.1, -0.05) is 89.7 Å². The molecule has 0 aliphatic carbocycles. The summed E-state index contributed by atoms with van der Waals surface area (Å²) in [7, 11) is 2.20. The first-order valence-corrected chi connectivity index (χ1v) is 17.2. The molecule has 0 aromatic heterocycles. The van der Waals surface area contributed by atoms with Crippen molar-refractivity contribution < 1.29 is 28.0 Å². The molecule has 0 radical (unpaired) electrons. The summed E-state index contributed by atoms with van der Waals surface area (Å²) in [5, 5.41) is 0. The molecule has 0 spiro atoms. The fourth-order valence-electron chi connectivity index (χ4n) is 4.81. The number of hydrogen-bond donors (Lipinski definition) is 0. The van der Waals surface area contributed by atoms with Crippen molar-refractivity contribution in [1.82, 2.24) is 0 Å². The van der Waals surface area contributed by atoms with Crippen LogP contribution < -0.4 is 9.63 Å². The number of benzene rings is 1. The third-order valence-electron chi connectivity index (χ3n) is 7.06. The zero-order valence-electron chi connectivity index (χ0n) is 25.8. The predicted molar refractivity (Wildman–Crippen MR) is 161 cm³/mol. The van der Waals surface area contributed by atoms with Gasteiger partial charge in [-0.15, -0.1) is 0 Å². The van der Waals surface area contributed by atoms with Crippen LogP contribution in [0, 0.1) is 5.92 Å². The van der Waals surface area contributed by atoms with Crippen molar-refractivity contribution in [2.75, 3.05) is 47.1 Å². The Balaban J connectivity index is 2.28. The summed E-state index contributed by atoms with van der Waals surface area (Å²) in [6, 6.07) is 7.93. The lowest BCUT2D eigenvalue weighted by Gasteiger charge is -2.28. The topological polar surface area (TPSA) is 75.7 Å². The molecule has 6 nitrogen and oxygen atoms in total. The van der Waals surface area contributed by atoms with Crippen LogP contribution in [-0.2, 0) is 20.3 Å². The van der Waals surface area contributed by atoms with Crippen LogP contribution in [0.4, 0.5) is 0 Å². The van der Waals surface area contributed by atoms with Crippen LogP contribution >= 0.6 is 7.60 Å². The summed E-state index contributed by atoms with van der Waals surface area (Å²) in [6.07, 6.45) is 17.4. The quantitative estimate of drug-likeness (QED) is 0.0692. The minimum atomic E-state index is -3.91. The van der Waals surface area contributed by atoms with E-state index < -0.39 is 7.60 Å². The first-order valence-electron chi connectivity index (χ1n) is 15.5. The minimum Gasteiger partial charge on any atom is -0.778 e. The Labute approximate surface area is 240 Å². The van der Waals surface area contributed by atoms with Gasteiger partial charge in [0, 0.05) is 19.0 Å². The number of rotatable bonds is 25. The van der Waals surface area contributed by atoms with E-state index in [9.17, 15) is 14.3 Å². The summed E-state index contributed by atoms with van der Waals surface area (Å²) < 4.78 is 24.3. The molecular formula is C32H58NO5P. The van der Waals surface area contributed by atoms with Crippen LogP contribution in [0.2, 0.25) is 0 Å². The van der Waals surface area contributed by atoms with Crippen LogP contribution in [0.3, 0.4) is 0 Å². The first-order chi connectivity index (χ1) is 18.5. The molecule has 0 amide bonds. The van der Waals surface area contributed by atoms with Crippen molar-refractivity contribution in [1.29, 1.82) is 0 Å². The lowest BCUT2D eigenvalue weighted by molar-refractivity contribution is -0.870. The van der Waals surface area contributed by atoms with Gasteiger partial charge in [-0.3, -0.25) is 0 Å². The molecule has 39 heavy (non-hydrogen) atoms. The monoisotopic (exact) mass is 567 g/mol. The van der Waals surface area contributed by atoms with E-state index in [-0.39, 0.29) is 24.5 Å². The van der Waals surface area contributed by atoms with Gasteiger partial charge in [0.25, 0.3) is 0 Å². The van der Waals surface area contributed by atoms with Gasteiger partial charge in [-0.25, -0.2) is 0 Å². The van der Waals surface area contributed by atoms with Crippen molar-refractivity contribution in [2.45, 2.75) is 110 Å². The average molecular weight is 568 g/mol. The number of hydrogen-bond acceptors (Lipinski definition) is 5. The lowest BCUT2D eigenvalue weighted by atomic mass is 9.95. The first kappa shape index (κ1) is 35.8. The molecule has 0 saturated heterocycles. The summed E-state index contributed by atoms with van der Waals surface area (Å²) >= 11 is 0. The zero-order valence-corrected chi connectivity index (χ0v) is 26.7. The van der Waals surface area contributed by atoms with Gasteiger partial charge in [0.15, 0.2) is 0 Å². The van der Waals surface area contributed by atoms with E-state index in [4.69, 9.17) is 9.26 Å². The normalized spacial score (nSPS) is 14.2. The Morgan fingerprint density at radius 2 is 1.41 bits per heavy atom. The summed E-state index contributed by atoms with van der Waals surface area (Å²) in [4.78, 5) is 24.2. The number of quaternary nitrogens is 1. The molecule has 2 unspecified atom stereocenters. The minimum absolute atomic E-state index is 0.0283. The Kier molecular flexibility index (Phi) is 19.0. The highest BCUT2D eigenvalue weighted by molar-refractivity contribution is 7.51. The molecule has 1 aromatic rings.